The summed E-state index contributed by atoms with van der Waals surface area (Å²) in [5.74, 6) is 1.46. The summed E-state index contributed by atoms with van der Waals surface area (Å²) in [4.78, 5) is 13.7. The Hall–Kier alpha value is -1.49. The van der Waals surface area contributed by atoms with Crippen LogP contribution in [0.5, 0.6) is 5.75 Å². The van der Waals surface area contributed by atoms with Crippen molar-refractivity contribution in [1.29, 1.82) is 0 Å². The highest BCUT2D eigenvalue weighted by Crippen LogP contribution is 2.38. The Morgan fingerprint density at radius 2 is 1.96 bits per heavy atom. The van der Waals surface area contributed by atoms with Crippen LogP contribution in [0.2, 0.25) is 0 Å². The van der Waals surface area contributed by atoms with E-state index in [4.69, 9.17) is 9.72 Å². The highest BCUT2D eigenvalue weighted by Gasteiger charge is 2.17. The predicted octanol–water partition coefficient (Wildman–Crippen LogP) is 6.27. The lowest BCUT2D eigenvalue weighted by molar-refractivity contribution is 0.414. The maximum absolute atomic E-state index is 5.28. The minimum atomic E-state index is 0. The van der Waals surface area contributed by atoms with E-state index in [9.17, 15) is 0 Å². The van der Waals surface area contributed by atoms with Gasteiger partial charge in [0.15, 0.2) is 5.13 Å². The number of halogens is 3. The first-order valence-electron chi connectivity index (χ1n) is 8.18. The number of hydrogen-bond acceptors (Lipinski definition) is 6. The SMILES string of the molecule is Br.CCc1nc2ncccn2c1-c1csc(Nc2c(Br)cc(OC)cc2Br)n1. The van der Waals surface area contributed by atoms with Gasteiger partial charge in [-0.3, -0.25) is 4.40 Å². The van der Waals surface area contributed by atoms with Gasteiger partial charge >= 0.3 is 0 Å². The quantitative estimate of drug-likeness (QED) is 0.297. The number of rotatable bonds is 5. The van der Waals surface area contributed by atoms with Crippen molar-refractivity contribution in [3.63, 3.8) is 0 Å². The molecule has 0 saturated heterocycles. The van der Waals surface area contributed by atoms with Gasteiger partial charge in [-0.05, 0) is 56.5 Å². The largest absolute Gasteiger partial charge is 0.497 e. The summed E-state index contributed by atoms with van der Waals surface area (Å²) in [6.45, 7) is 2.09. The van der Waals surface area contributed by atoms with E-state index in [0.29, 0.717) is 5.78 Å². The van der Waals surface area contributed by atoms with Crippen LogP contribution in [-0.2, 0) is 6.42 Å². The van der Waals surface area contributed by atoms with Gasteiger partial charge in [-0.2, -0.15) is 0 Å². The number of nitrogens with zero attached hydrogens (tertiary/aromatic N) is 4. The highest BCUT2D eigenvalue weighted by atomic mass is 79.9. The molecule has 0 aliphatic carbocycles. The van der Waals surface area contributed by atoms with Crippen molar-refractivity contribution in [2.75, 3.05) is 12.4 Å². The van der Waals surface area contributed by atoms with Crippen molar-refractivity contribution < 1.29 is 4.74 Å². The van der Waals surface area contributed by atoms with E-state index in [1.165, 1.54) is 0 Å². The molecular weight excluding hydrogens is 574 g/mol. The summed E-state index contributed by atoms with van der Waals surface area (Å²) in [5, 5.41) is 6.19. The molecule has 0 saturated carbocycles. The number of imidazole rings is 1. The van der Waals surface area contributed by atoms with E-state index in [2.05, 4.69) is 54.1 Å². The van der Waals surface area contributed by atoms with Crippen molar-refractivity contribution in [3.8, 4) is 17.1 Å². The number of anilines is 2. The van der Waals surface area contributed by atoms with Gasteiger partial charge < -0.3 is 10.1 Å². The van der Waals surface area contributed by atoms with Crippen LogP contribution < -0.4 is 10.1 Å². The molecule has 3 aromatic heterocycles. The number of aryl methyl sites for hydroxylation is 1. The first-order valence-corrected chi connectivity index (χ1v) is 10.6. The van der Waals surface area contributed by atoms with Gasteiger partial charge in [0, 0.05) is 26.7 Å². The molecule has 0 fully saturated rings. The maximum atomic E-state index is 5.28. The van der Waals surface area contributed by atoms with Crippen LogP contribution >= 0.6 is 60.2 Å². The Morgan fingerprint density at radius 3 is 2.64 bits per heavy atom. The van der Waals surface area contributed by atoms with Crippen LogP contribution in [0.25, 0.3) is 17.2 Å². The topological polar surface area (TPSA) is 64.3 Å². The molecule has 0 spiro atoms. The van der Waals surface area contributed by atoms with Crippen LogP contribution in [0.4, 0.5) is 10.8 Å². The molecule has 4 rings (SSSR count). The minimum absolute atomic E-state index is 0. The van der Waals surface area contributed by atoms with Crippen molar-refractivity contribution in [3.05, 3.63) is 50.6 Å². The number of aromatic nitrogens is 4. The van der Waals surface area contributed by atoms with Crippen molar-refractivity contribution in [1.82, 2.24) is 19.4 Å². The van der Waals surface area contributed by atoms with Gasteiger partial charge in [-0.1, -0.05) is 6.92 Å². The smallest absolute Gasteiger partial charge is 0.234 e. The molecule has 0 atom stereocenters. The summed E-state index contributed by atoms with van der Waals surface area (Å²) in [7, 11) is 1.64. The van der Waals surface area contributed by atoms with E-state index in [1.807, 2.05) is 34.2 Å². The normalized spacial score (nSPS) is 10.7. The van der Waals surface area contributed by atoms with Crippen LogP contribution in [0.15, 0.2) is 44.9 Å². The third-order valence-electron chi connectivity index (χ3n) is 4.04. The second-order valence-electron chi connectivity index (χ2n) is 5.68. The zero-order valence-electron chi connectivity index (χ0n) is 14.9. The van der Waals surface area contributed by atoms with Gasteiger partial charge in [0.1, 0.15) is 11.4 Å². The standard InChI is InChI=1S/C18H15Br2N5OS.BrH/c1-3-13-16(25-6-4-5-21-17(25)22-13)14-9-27-18(23-14)24-15-11(19)7-10(26-2)8-12(15)20;/h4-9H,3H2,1-2H3,(H,23,24);1H. The van der Waals surface area contributed by atoms with Crippen molar-refractivity contribution in [2.45, 2.75) is 13.3 Å². The number of ether oxygens (including phenoxy) is 1. The van der Waals surface area contributed by atoms with Gasteiger partial charge in [-0.25, -0.2) is 15.0 Å². The zero-order chi connectivity index (χ0) is 19.0. The van der Waals surface area contributed by atoms with Crippen LogP contribution in [0.1, 0.15) is 12.6 Å². The Kier molecular flexibility index (Phi) is 6.74. The highest BCUT2D eigenvalue weighted by molar-refractivity contribution is 9.11. The molecular formula is C18H16Br3N5OS. The average Bonchev–Trinajstić information content (AvgIpc) is 3.27. The lowest BCUT2D eigenvalue weighted by Crippen LogP contribution is -1.95. The number of hydrogen-bond donors (Lipinski definition) is 1. The third-order valence-corrected chi connectivity index (χ3v) is 6.05. The molecule has 0 aliphatic rings. The monoisotopic (exact) mass is 587 g/mol. The molecule has 28 heavy (non-hydrogen) atoms. The van der Waals surface area contributed by atoms with Gasteiger partial charge in [0.05, 0.1) is 24.2 Å². The molecule has 10 heteroatoms. The number of thiazole rings is 1. The summed E-state index contributed by atoms with van der Waals surface area (Å²) < 4.78 is 9.04. The van der Waals surface area contributed by atoms with E-state index >= 15 is 0 Å². The van der Waals surface area contributed by atoms with E-state index in [1.54, 1.807) is 24.6 Å². The zero-order valence-corrected chi connectivity index (χ0v) is 20.6. The molecule has 146 valence electrons. The van der Waals surface area contributed by atoms with Crippen LogP contribution in [-0.4, -0.2) is 26.5 Å². The lowest BCUT2D eigenvalue weighted by Gasteiger charge is -2.10. The molecule has 0 bridgehead atoms. The van der Waals surface area contributed by atoms with Crippen molar-refractivity contribution >= 4 is 76.8 Å². The molecule has 0 amide bonds. The third kappa shape index (κ3) is 3.96. The summed E-state index contributed by atoms with van der Waals surface area (Å²) in [6.07, 6.45) is 4.53. The van der Waals surface area contributed by atoms with E-state index in [-0.39, 0.29) is 17.0 Å². The summed E-state index contributed by atoms with van der Waals surface area (Å²) >= 11 is 8.70. The Labute approximate surface area is 193 Å². The molecule has 0 unspecified atom stereocenters. The van der Waals surface area contributed by atoms with Crippen LogP contribution in [0.3, 0.4) is 0 Å². The fourth-order valence-corrected chi connectivity index (χ4v) is 4.83. The average molecular weight is 590 g/mol. The summed E-state index contributed by atoms with van der Waals surface area (Å²) in [6, 6.07) is 5.72. The second-order valence-corrected chi connectivity index (χ2v) is 8.25. The van der Waals surface area contributed by atoms with E-state index < -0.39 is 0 Å². The molecule has 3 heterocycles. The number of methoxy groups -OCH3 is 1. The van der Waals surface area contributed by atoms with Gasteiger partial charge in [0.25, 0.3) is 0 Å². The first kappa shape index (κ1) is 21.2. The lowest BCUT2D eigenvalue weighted by atomic mass is 10.2. The van der Waals surface area contributed by atoms with Gasteiger partial charge in [0.2, 0.25) is 5.78 Å². The van der Waals surface area contributed by atoms with Gasteiger partial charge in [-0.15, -0.1) is 28.3 Å². The fourth-order valence-electron chi connectivity index (χ4n) is 2.78. The maximum Gasteiger partial charge on any atom is 0.234 e. The van der Waals surface area contributed by atoms with E-state index in [0.717, 1.165) is 49.0 Å². The molecule has 0 aliphatic heterocycles. The Balaban J connectivity index is 0.00000225. The van der Waals surface area contributed by atoms with Crippen molar-refractivity contribution in [2.24, 2.45) is 0 Å². The van der Waals surface area contributed by atoms with Crippen LogP contribution in [0, 0.1) is 0 Å². The molecule has 4 aromatic rings. The fraction of sp³-hybridized carbons (Fsp3) is 0.167. The number of nitrogens with one attached hydrogen (secondary N) is 1. The Bertz CT molecular complexity index is 1100. The first-order chi connectivity index (χ1) is 13.1. The number of benzene rings is 1. The molecule has 1 N–H and O–H groups in total. The predicted molar refractivity (Wildman–Crippen MR) is 125 cm³/mol. The second kappa shape index (κ2) is 8.89. The molecule has 0 radical (unpaired) electrons. The Morgan fingerprint density at radius 1 is 1.21 bits per heavy atom. The minimum Gasteiger partial charge on any atom is -0.497 e. The molecule has 6 nitrogen and oxygen atoms in total. The number of fused-ring (bicyclic) bond motifs is 1. The summed E-state index contributed by atoms with van der Waals surface area (Å²) in [5.41, 5.74) is 3.74. The molecule has 1 aromatic carbocycles.